The highest BCUT2D eigenvalue weighted by molar-refractivity contribution is 5.80. The van der Waals surface area contributed by atoms with E-state index in [0.717, 1.165) is 32.1 Å². The minimum absolute atomic E-state index is 0.0703. The van der Waals surface area contributed by atoms with Crippen LogP contribution in [0.3, 0.4) is 0 Å². The van der Waals surface area contributed by atoms with Gasteiger partial charge in [-0.05, 0) is 38.0 Å². The van der Waals surface area contributed by atoms with Crippen LogP contribution in [0.2, 0.25) is 0 Å². The van der Waals surface area contributed by atoms with Crippen LogP contribution in [0.5, 0.6) is 0 Å². The van der Waals surface area contributed by atoms with E-state index in [9.17, 15) is 9.59 Å². The van der Waals surface area contributed by atoms with Crippen LogP contribution in [0, 0.1) is 11.8 Å². The van der Waals surface area contributed by atoms with E-state index in [1.54, 1.807) is 0 Å². The molecule has 0 aromatic heterocycles. The van der Waals surface area contributed by atoms with Gasteiger partial charge in [0.05, 0.1) is 5.92 Å². The lowest BCUT2D eigenvalue weighted by molar-refractivity contribution is -0.142. The standard InChI is InChI=1S/C14H24N2O3/c1-2-10(8-15)14(19)16-11-3-4-12(16)6-9(5-11)7-13(17)18/h9-12H,2-8,15H2,1H3,(H,17,18). The number of carbonyl (C=O) groups is 2. The third kappa shape index (κ3) is 2.91. The largest absolute Gasteiger partial charge is 0.481 e. The first kappa shape index (κ1) is 14.3. The topological polar surface area (TPSA) is 83.6 Å². The fraction of sp³-hybridized carbons (Fsp3) is 0.857. The minimum atomic E-state index is -0.724. The van der Waals surface area contributed by atoms with Crippen molar-refractivity contribution in [3.8, 4) is 0 Å². The predicted molar refractivity (Wildman–Crippen MR) is 71.5 cm³/mol. The van der Waals surface area contributed by atoms with Crippen LogP contribution in [0.15, 0.2) is 0 Å². The number of piperidine rings is 1. The van der Waals surface area contributed by atoms with Gasteiger partial charge in [-0.25, -0.2) is 0 Å². The Balaban J connectivity index is 2.02. The minimum Gasteiger partial charge on any atom is -0.481 e. The summed E-state index contributed by atoms with van der Waals surface area (Å²) in [6.45, 7) is 2.40. The zero-order valence-corrected chi connectivity index (χ0v) is 11.5. The third-order valence-electron chi connectivity index (χ3n) is 4.68. The Morgan fingerprint density at radius 1 is 1.32 bits per heavy atom. The van der Waals surface area contributed by atoms with E-state index in [2.05, 4.69) is 0 Å². The molecule has 1 amide bonds. The van der Waals surface area contributed by atoms with Gasteiger partial charge in [-0.2, -0.15) is 0 Å². The molecule has 3 atom stereocenters. The summed E-state index contributed by atoms with van der Waals surface area (Å²) >= 11 is 0. The number of carboxylic acids is 1. The molecule has 0 aromatic rings. The fourth-order valence-electron chi connectivity index (χ4n) is 3.72. The monoisotopic (exact) mass is 268 g/mol. The van der Waals surface area contributed by atoms with Crippen molar-refractivity contribution in [2.45, 2.75) is 57.5 Å². The van der Waals surface area contributed by atoms with E-state index in [1.165, 1.54) is 0 Å². The van der Waals surface area contributed by atoms with Crippen molar-refractivity contribution in [3.05, 3.63) is 0 Å². The van der Waals surface area contributed by atoms with Crippen LogP contribution >= 0.6 is 0 Å². The zero-order valence-electron chi connectivity index (χ0n) is 11.5. The van der Waals surface area contributed by atoms with Gasteiger partial charge < -0.3 is 15.7 Å². The van der Waals surface area contributed by atoms with E-state index in [4.69, 9.17) is 10.8 Å². The molecule has 2 aliphatic heterocycles. The van der Waals surface area contributed by atoms with E-state index in [0.29, 0.717) is 6.54 Å². The lowest BCUT2D eigenvalue weighted by atomic mass is 9.87. The van der Waals surface area contributed by atoms with Crippen molar-refractivity contribution in [2.24, 2.45) is 17.6 Å². The summed E-state index contributed by atoms with van der Waals surface area (Å²) in [7, 11) is 0. The molecular weight excluding hydrogens is 244 g/mol. The summed E-state index contributed by atoms with van der Waals surface area (Å²) in [5, 5.41) is 8.90. The maximum Gasteiger partial charge on any atom is 0.303 e. The summed E-state index contributed by atoms with van der Waals surface area (Å²) in [6, 6.07) is 0.493. The summed E-state index contributed by atoms with van der Waals surface area (Å²) in [5.74, 6) is -0.375. The Morgan fingerprint density at radius 3 is 2.32 bits per heavy atom. The Labute approximate surface area is 114 Å². The van der Waals surface area contributed by atoms with Gasteiger partial charge in [0.1, 0.15) is 0 Å². The zero-order chi connectivity index (χ0) is 14.0. The number of carbonyl (C=O) groups excluding carboxylic acids is 1. The van der Waals surface area contributed by atoms with Crippen molar-refractivity contribution in [3.63, 3.8) is 0 Å². The Bertz CT molecular complexity index is 341. The Hall–Kier alpha value is -1.10. The average molecular weight is 268 g/mol. The molecule has 0 aliphatic carbocycles. The molecule has 2 bridgehead atoms. The second kappa shape index (κ2) is 5.90. The molecule has 3 N–H and O–H groups in total. The number of aliphatic carboxylic acids is 1. The first-order chi connectivity index (χ1) is 9.06. The first-order valence-electron chi connectivity index (χ1n) is 7.30. The number of nitrogens with two attached hydrogens (primary N) is 1. The molecule has 0 radical (unpaired) electrons. The molecule has 19 heavy (non-hydrogen) atoms. The fourth-order valence-corrected chi connectivity index (χ4v) is 3.72. The number of hydrogen-bond donors (Lipinski definition) is 2. The van der Waals surface area contributed by atoms with Crippen molar-refractivity contribution >= 4 is 11.9 Å². The van der Waals surface area contributed by atoms with Gasteiger partial charge in [0.15, 0.2) is 0 Å². The molecule has 0 saturated carbocycles. The van der Waals surface area contributed by atoms with E-state index < -0.39 is 5.97 Å². The van der Waals surface area contributed by atoms with E-state index in [-0.39, 0.29) is 36.2 Å². The first-order valence-corrected chi connectivity index (χ1v) is 7.30. The third-order valence-corrected chi connectivity index (χ3v) is 4.68. The SMILES string of the molecule is CCC(CN)C(=O)N1C2CCC1CC(CC(=O)O)C2. The van der Waals surface area contributed by atoms with Gasteiger partial charge >= 0.3 is 5.97 Å². The van der Waals surface area contributed by atoms with Crippen molar-refractivity contribution in [2.75, 3.05) is 6.54 Å². The van der Waals surface area contributed by atoms with Crippen LogP contribution in [-0.2, 0) is 9.59 Å². The van der Waals surface area contributed by atoms with Crippen molar-refractivity contribution < 1.29 is 14.7 Å². The molecule has 5 nitrogen and oxygen atoms in total. The van der Waals surface area contributed by atoms with Gasteiger partial charge in [-0.15, -0.1) is 0 Å². The number of amides is 1. The lowest BCUT2D eigenvalue weighted by Gasteiger charge is -2.40. The highest BCUT2D eigenvalue weighted by atomic mass is 16.4. The normalized spacial score (nSPS) is 31.3. The molecular formula is C14H24N2O3. The predicted octanol–water partition coefficient (Wildman–Crippen LogP) is 1.22. The molecule has 3 unspecified atom stereocenters. The lowest BCUT2D eigenvalue weighted by Crippen LogP contribution is -2.50. The van der Waals surface area contributed by atoms with E-state index >= 15 is 0 Å². The van der Waals surface area contributed by atoms with Crippen LogP contribution in [0.25, 0.3) is 0 Å². The summed E-state index contributed by atoms with van der Waals surface area (Å²) in [5.41, 5.74) is 5.67. The van der Waals surface area contributed by atoms with Crippen LogP contribution < -0.4 is 5.73 Å². The second-order valence-electron chi connectivity index (χ2n) is 5.91. The van der Waals surface area contributed by atoms with Crippen molar-refractivity contribution in [1.82, 2.24) is 4.90 Å². The highest BCUT2D eigenvalue weighted by Crippen LogP contribution is 2.40. The maximum atomic E-state index is 12.5. The smallest absolute Gasteiger partial charge is 0.303 e. The highest BCUT2D eigenvalue weighted by Gasteiger charge is 2.44. The van der Waals surface area contributed by atoms with Gasteiger partial charge in [-0.3, -0.25) is 9.59 Å². The van der Waals surface area contributed by atoms with Gasteiger partial charge in [0, 0.05) is 25.0 Å². The summed E-state index contributed by atoms with van der Waals surface area (Å²) in [6.07, 6.45) is 4.75. The maximum absolute atomic E-state index is 12.5. The molecule has 2 saturated heterocycles. The number of fused-ring (bicyclic) bond motifs is 2. The molecule has 2 heterocycles. The molecule has 2 fully saturated rings. The van der Waals surface area contributed by atoms with E-state index in [1.807, 2.05) is 11.8 Å². The van der Waals surface area contributed by atoms with Gasteiger partial charge in [-0.1, -0.05) is 6.92 Å². The molecule has 2 aliphatic rings. The summed E-state index contributed by atoms with van der Waals surface area (Å²) in [4.78, 5) is 25.3. The second-order valence-corrected chi connectivity index (χ2v) is 5.91. The quantitative estimate of drug-likeness (QED) is 0.785. The number of nitrogens with zero attached hydrogens (tertiary/aromatic N) is 1. The molecule has 0 aromatic carbocycles. The van der Waals surface area contributed by atoms with Crippen LogP contribution in [0.4, 0.5) is 0 Å². The Morgan fingerprint density at radius 2 is 1.89 bits per heavy atom. The Kier molecular flexibility index (Phi) is 4.45. The van der Waals surface area contributed by atoms with Gasteiger partial charge in [0.25, 0.3) is 0 Å². The molecule has 0 spiro atoms. The molecule has 108 valence electrons. The van der Waals surface area contributed by atoms with Gasteiger partial charge in [0.2, 0.25) is 5.91 Å². The molecule has 2 rings (SSSR count). The number of carboxylic acid groups (broad SMARTS) is 1. The molecule has 5 heteroatoms. The number of hydrogen-bond acceptors (Lipinski definition) is 3. The van der Waals surface area contributed by atoms with Crippen LogP contribution in [0.1, 0.15) is 45.4 Å². The summed E-state index contributed by atoms with van der Waals surface area (Å²) < 4.78 is 0. The van der Waals surface area contributed by atoms with Crippen LogP contribution in [-0.4, -0.2) is 40.5 Å². The average Bonchev–Trinajstić information content (AvgIpc) is 2.62. The van der Waals surface area contributed by atoms with Crippen molar-refractivity contribution in [1.29, 1.82) is 0 Å². The number of rotatable bonds is 5.